The lowest BCUT2D eigenvalue weighted by Crippen LogP contribution is -2.14. The summed E-state index contributed by atoms with van der Waals surface area (Å²) in [5.74, 6) is -2.01. The van der Waals surface area contributed by atoms with E-state index >= 15 is 0 Å². The summed E-state index contributed by atoms with van der Waals surface area (Å²) in [6.07, 6.45) is 0. The molecule has 0 aliphatic heterocycles. The van der Waals surface area contributed by atoms with Crippen LogP contribution in [-0.4, -0.2) is 17.9 Å². The Morgan fingerprint density at radius 1 is 0.679 bits per heavy atom. The molecular weight excluding hydrogens is 360 g/mol. The number of fused-ring (bicyclic) bond motifs is 1. The normalized spacial score (nSPS) is 10.1. The molecule has 0 unspecified atom stereocenters. The quantitative estimate of drug-likeness (QED) is 0.423. The average molecular weight is 380 g/mol. The molecule has 0 bridgehead atoms. The highest BCUT2D eigenvalue weighted by Gasteiger charge is 2.22. The van der Waals surface area contributed by atoms with Crippen LogP contribution < -0.4 is 14.2 Å². The zero-order valence-electron chi connectivity index (χ0n) is 16.0. The SMILES string of the molecule is C=C(C)C(=O)Oc1cc(OC(=O)C(=C)C)c2ccccc2c1OC(=O)C(=C)C. The Morgan fingerprint density at radius 2 is 1.11 bits per heavy atom. The van der Waals surface area contributed by atoms with Crippen LogP contribution in [0.15, 0.2) is 66.8 Å². The van der Waals surface area contributed by atoms with Crippen molar-refractivity contribution in [3.8, 4) is 17.2 Å². The van der Waals surface area contributed by atoms with Crippen molar-refractivity contribution in [3.63, 3.8) is 0 Å². The van der Waals surface area contributed by atoms with E-state index < -0.39 is 17.9 Å². The molecule has 0 spiro atoms. The van der Waals surface area contributed by atoms with Crippen LogP contribution in [0.2, 0.25) is 0 Å². The van der Waals surface area contributed by atoms with Gasteiger partial charge in [0.15, 0.2) is 11.5 Å². The average Bonchev–Trinajstić information content (AvgIpc) is 2.63. The lowest BCUT2D eigenvalue weighted by atomic mass is 10.1. The number of benzene rings is 2. The second-order valence-corrected chi connectivity index (χ2v) is 6.26. The second kappa shape index (κ2) is 8.35. The van der Waals surface area contributed by atoms with Crippen LogP contribution >= 0.6 is 0 Å². The van der Waals surface area contributed by atoms with Crippen LogP contribution in [0.3, 0.4) is 0 Å². The van der Waals surface area contributed by atoms with Gasteiger partial charge in [-0.1, -0.05) is 44.0 Å². The lowest BCUT2D eigenvalue weighted by Gasteiger charge is -2.16. The molecule has 0 atom stereocenters. The third-order valence-corrected chi connectivity index (χ3v) is 3.57. The standard InChI is InChI=1S/C22H20O6/c1-12(2)20(23)26-17-11-18(27-21(24)13(3)4)19(28-22(25)14(5)6)16-10-8-7-9-15(16)17/h7-11H,1,3,5H2,2,4,6H3. The highest BCUT2D eigenvalue weighted by Crippen LogP contribution is 2.42. The van der Waals surface area contributed by atoms with Crippen molar-refractivity contribution in [1.29, 1.82) is 0 Å². The van der Waals surface area contributed by atoms with Gasteiger partial charge in [0.1, 0.15) is 5.75 Å². The van der Waals surface area contributed by atoms with Crippen LogP contribution in [0.1, 0.15) is 20.8 Å². The summed E-state index contributed by atoms with van der Waals surface area (Å²) in [7, 11) is 0. The summed E-state index contributed by atoms with van der Waals surface area (Å²) >= 11 is 0. The minimum atomic E-state index is -0.722. The first-order valence-corrected chi connectivity index (χ1v) is 8.30. The van der Waals surface area contributed by atoms with Gasteiger partial charge in [0, 0.05) is 33.6 Å². The van der Waals surface area contributed by atoms with Crippen LogP contribution in [0.5, 0.6) is 17.2 Å². The van der Waals surface area contributed by atoms with E-state index in [1.807, 2.05) is 0 Å². The maximum atomic E-state index is 12.1. The number of carbonyl (C=O) groups is 3. The zero-order valence-corrected chi connectivity index (χ0v) is 16.0. The number of ether oxygens (including phenoxy) is 3. The molecule has 6 nitrogen and oxygen atoms in total. The predicted molar refractivity (Wildman–Crippen MR) is 105 cm³/mol. The molecule has 2 rings (SSSR count). The van der Waals surface area contributed by atoms with E-state index in [4.69, 9.17) is 14.2 Å². The van der Waals surface area contributed by atoms with Gasteiger partial charge in [0.25, 0.3) is 0 Å². The Labute approximate surface area is 162 Å². The van der Waals surface area contributed by atoms with E-state index in [1.54, 1.807) is 24.3 Å². The molecule has 0 heterocycles. The maximum Gasteiger partial charge on any atom is 0.338 e. The van der Waals surface area contributed by atoms with Gasteiger partial charge >= 0.3 is 17.9 Å². The van der Waals surface area contributed by atoms with E-state index in [0.717, 1.165) is 0 Å². The fourth-order valence-electron chi connectivity index (χ4n) is 2.11. The molecule has 28 heavy (non-hydrogen) atoms. The Balaban J connectivity index is 2.72. The number of hydrogen-bond donors (Lipinski definition) is 0. The van der Waals surface area contributed by atoms with E-state index in [9.17, 15) is 14.4 Å². The minimum Gasteiger partial charge on any atom is -0.422 e. The summed E-state index contributed by atoms with van der Waals surface area (Å²) in [6, 6.07) is 8.07. The van der Waals surface area contributed by atoms with Crippen LogP contribution in [0, 0.1) is 0 Å². The molecule has 144 valence electrons. The molecule has 0 saturated heterocycles. The number of hydrogen-bond acceptors (Lipinski definition) is 6. The highest BCUT2D eigenvalue weighted by atomic mass is 16.6. The Kier molecular flexibility index (Phi) is 6.15. The first kappa shape index (κ1) is 20.6. The molecule has 0 aliphatic rings. The molecule has 0 N–H and O–H groups in total. The van der Waals surface area contributed by atoms with Crippen molar-refractivity contribution in [1.82, 2.24) is 0 Å². The Morgan fingerprint density at radius 3 is 1.61 bits per heavy atom. The largest absolute Gasteiger partial charge is 0.422 e. The van der Waals surface area contributed by atoms with Gasteiger partial charge < -0.3 is 14.2 Å². The van der Waals surface area contributed by atoms with Gasteiger partial charge in [0.2, 0.25) is 0 Å². The highest BCUT2D eigenvalue weighted by molar-refractivity contribution is 6.02. The number of esters is 3. The first-order chi connectivity index (χ1) is 13.1. The van der Waals surface area contributed by atoms with E-state index in [-0.39, 0.29) is 34.0 Å². The molecule has 0 radical (unpaired) electrons. The third kappa shape index (κ3) is 4.54. The molecule has 2 aromatic rings. The van der Waals surface area contributed by atoms with E-state index in [0.29, 0.717) is 10.8 Å². The lowest BCUT2D eigenvalue weighted by molar-refractivity contribution is -0.132. The molecule has 2 aromatic carbocycles. The topological polar surface area (TPSA) is 78.9 Å². The number of carbonyl (C=O) groups excluding carboxylic acids is 3. The van der Waals surface area contributed by atoms with Crippen LogP contribution in [0.25, 0.3) is 10.8 Å². The molecule has 0 saturated carbocycles. The summed E-state index contributed by atoms with van der Waals surface area (Å²) in [4.78, 5) is 36.2. The van der Waals surface area contributed by atoms with Crippen molar-refractivity contribution in [2.24, 2.45) is 0 Å². The molecule has 0 aliphatic carbocycles. The monoisotopic (exact) mass is 380 g/mol. The first-order valence-electron chi connectivity index (χ1n) is 8.30. The van der Waals surface area contributed by atoms with Gasteiger partial charge in [0.05, 0.1) is 0 Å². The molecule has 0 fully saturated rings. The van der Waals surface area contributed by atoms with Crippen LogP contribution in [0.4, 0.5) is 0 Å². The van der Waals surface area contributed by atoms with E-state index in [2.05, 4.69) is 19.7 Å². The summed E-state index contributed by atoms with van der Waals surface area (Å²) in [5, 5.41) is 0.894. The molecule has 0 aromatic heterocycles. The van der Waals surface area contributed by atoms with Gasteiger partial charge in [-0.3, -0.25) is 0 Å². The fourth-order valence-corrected chi connectivity index (χ4v) is 2.11. The molecule has 0 amide bonds. The summed E-state index contributed by atoms with van der Waals surface area (Å²) in [6.45, 7) is 15.1. The minimum absolute atomic E-state index is 0.00771. The van der Waals surface area contributed by atoms with E-state index in [1.165, 1.54) is 26.8 Å². The number of rotatable bonds is 6. The van der Waals surface area contributed by atoms with Gasteiger partial charge in [-0.25, -0.2) is 14.4 Å². The summed E-state index contributed by atoms with van der Waals surface area (Å²) in [5.41, 5.74) is 0.507. The van der Waals surface area contributed by atoms with Gasteiger partial charge in [-0.2, -0.15) is 0 Å². The third-order valence-electron chi connectivity index (χ3n) is 3.57. The Hall–Kier alpha value is -3.67. The smallest absolute Gasteiger partial charge is 0.338 e. The van der Waals surface area contributed by atoms with Crippen LogP contribution in [-0.2, 0) is 14.4 Å². The maximum absolute atomic E-state index is 12.1. The predicted octanol–water partition coefficient (Wildman–Crippen LogP) is 4.28. The molecular formula is C22H20O6. The van der Waals surface area contributed by atoms with Crippen molar-refractivity contribution in [2.75, 3.05) is 0 Å². The molecule has 6 heteroatoms. The van der Waals surface area contributed by atoms with Crippen molar-refractivity contribution in [2.45, 2.75) is 20.8 Å². The zero-order chi connectivity index (χ0) is 21.0. The second-order valence-electron chi connectivity index (χ2n) is 6.26. The van der Waals surface area contributed by atoms with Crippen molar-refractivity contribution < 1.29 is 28.6 Å². The fraction of sp³-hybridized carbons (Fsp3) is 0.136. The summed E-state index contributed by atoms with van der Waals surface area (Å²) < 4.78 is 16.1. The van der Waals surface area contributed by atoms with Crippen molar-refractivity contribution in [3.05, 3.63) is 66.8 Å². The Bertz CT molecular complexity index is 1030. The van der Waals surface area contributed by atoms with Gasteiger partial charge in [-0.15, -0.1) is 0 Å². The van der Waals surface area contributed by atoms with Gasteiger partial charge in [-0.05, 0) is 20.8 Å². The van der Waals surface area contributed by atoms with Crippen molar-refractivity contribution >= 4 is 28.7 Å².